The highest BCUT2D eigenvalue weighted by atomic mass is 32.2. The lowest BCUT2D eigenvalue weighted by molar-refractivity contribution is -0.196. The molecule has 0 aliphatic heterocycles. The minimum Gasteiger partial charge on any atom is -0.248 e. The highest BCUT2D eigenvalue weighted by Gasteiger charge is 2.45. The van der Waals surface area contributed by atoms with Crippen molar-refractivity contribution in [2.75, 3.05) is 6.26 Å². The van der Waals surface area contributed by atoms with Gasteiger partial charge < -0.3 is 0 Å². The Morgan fingerprint density at radius 3 is 2.00 bits per heavy atom. The monoisotopic (exact) mass is 376 g/mol. The molecule has 0 saturated carbocycles. The number of thioether (sulfide) groups is 1. The predicted octanol–water partition coefficient (Wildman–Crippen LogP) is 4.73. The van der Waals surface area contributed by atoms with Crippen molar-refractivity contribution in [3.63, 3.8) is 0 Å². The fraction of sp³-hybridized carbons (Fsp3) is 0.250. The van der Waals surface area contributed by atoms with Gasteiger partial charge in [-0.1, -0.05) is 29.8 Å². The molecule has 0 aliphatic rings. The van der Waals surface area contributed by atoms with E-state index in [1.54, 1.807) is 13.2 Å². The van der Waals surface area contributed by atoms with Gasteiger partial charge in [0.05, 0.1) is 4.90 Å². The lowest BCUT2D eigenvalue weighted by Gasteiger charge is -2.21. The second-order valence-corrected chi connectivity index (χ2v) is 7.51. The third-order valence-electron chi connectivity index (χ3n) is 3.25. The summed E-state index contributed by atoms with van der Waals surface area (Å²) in [5, 5.41) is 0. The molecular formula is C16H15F3O3S2. The van der Waals surface area contributed by atoms with Gasteiger partial charge in [-0.05, 0) is 43.0 Å². The maximum Gasteiger partial charge on any atom is 0.420 e. The zero-order valence-corrected chi connectivity index (χ0v) is 14.5. The van der Waals surface area contributed by atoms with E-state index in [2.05, 4.69) is 4.18 Å². The number of aryl methyl sites for hydroxylation is 1. The smallest absolute Gasteiger partial charge is 0.248 e. The van der Waals surface area contributed by atoms with Crippen molar-refractivity contribution in [2.24, 2.45) is 0 Å². The first-order valence-electron chi connectivity index (χ1n) is 6.84. The summed E-state index contributed by atoms with van der Waals surface area (Å²) in [7, 11) is -4.55. The van der Waals surface area contributed by atoms with Crippen molar-refractivity contribution < 1.29 is 25.8 Å². The summed E-state index contributed by atoms with van der Waals surface area (Å²) < 4.78 is 68.8. The van der Waals surface area contributed by atoms with E-state index >= 15 is 0 Å². The number of alkyl halides is 3. The summed E-state index contributed by atoms with van der Waals surface area (Å²) in [5.41, 5.74) is 0.518. The van der Waals surface area contributed by atoms with Gasteiger partial charge in [-0.15, -0.1) is 11.8 Å². The highest BCUT2D eigenvalue weighted by Crippen LogP contribution is 2.38. The predicted molar refractivity (Wildman–Crippen MR) is 86.5 cm³/mol. The van der Waals surface area contributed by atoms with E-state index in [9.17, 15) is 21.6 Å². The molecule has 3 nitrogen and oxygen atoms in total. The van der Waals surface area contributed by atoms with E-state index in [1.165, 1.54) is 60.3 Å². The fourth-order valence-electron chi connectivity index (χ4n) is 1.96. The molecule has 0 bridgehead atoms. The van der Waals surface area contributed by atoms with Crippen LogP contribution >= 0.6 is 11.8 Å². The van der Waals surface area contributed by atoms with Crippen LogP contribution in [-0.2, 0) is 14.3 Å². The van der Waals surface area contributed by atoms with E-state index in [1.807, 2.05) is 0 Å². The first-order valence-corrected chi connectivity index (χ1v) is 9.47. The summed E-state index contributed by atoms with van der Waals surface area (Å²) in [6, 6.07) is 10.8. The first kappa shape index (κ1) is 18.8. The third-order valence-corrected chi connectivity index (χ3v) is 5.29. The minimum atomic E-state index is -4.86. The summed E-state index contributed by atoms with van der Waals surface area (Å²) in [6.45, 7) is 1.74. The average Bonchev–Trinajstić information content (AvgIpc) is 2.52. The van der Waals surface area contributed by atoms with Crippen molar-refractivity contribution in [3.05, 3.63) is 59.7 Å². The Labute approximate surface area is 143 Å². The molecule has 1 atom stereocenters. The van der Waals surface area contributed by atoms with Crippen molar-refractivity contribution in [2.45, 2.75) is 29.0 Å². The molecule has 0 spiro atoms. The Morgan fingerprint density at radius 2 is 1.54 bits per heavy atom. The van der Waals surface area contributed by atoms with Crippen LogP contribution in [0.2, 0.25) is 0 Å². The Hall–Kier alpha value is -1.51. The number of benzene rings is 2. The van der Waals surface area contributed by atoms with Gasteiger partial charge in [0.1, 0.15) is 0 Å². The quantitative estimate of drug-likeness (QED) is 0.559. The molecule has 2 rings (SSSR count). The van der Waals surface area contributed by atoms with Crippen LogP contribution in [0.4, 0.5) is 13.2 Å². The Bertz CT molecular complexity index is 783. The van der Waals surface area contributed by atoms with Gasteiger partial charge >= 0.3 is 6.18 Å². The largest absolute Gasteiger partial charge is 0.420 e. The maximum atomic E-state index is 13.3. The van der Waals surface area contributed by atoms with Gasteiger partial charge in [0, 0.05) is 4.90 Å². The lowest BCUT2D eigenvalue weighted by atomic mass is 10.1. The van der Waals surface area contributed by atoms with Gasteiger partial charge in [-0.2, -0.15) is 21.6 Å². The SMILES string of the molecule is CSc1ccc(C(OS(=O)(=O)c2ccc(C)cc2)C(F)(F)F)cc1. The van der Waals surface area contributed by atoms with E-state index in [0.29, 0.717) is 0 Å². The van der Waals surface area contributed by atoms with E-state index in [-0.39, 0.29) is 10.5 Å². The molecule has 0 radical (unpaired) electrons. The van der Waals surface area contributed by atoms with Crippen LogP contribution in [-0.4, -0.2) is 20.8 Å². The van der Waals surface area contributed by atoms with Crippen LogP contribution in [0.15, 0.2) is 58.3 Å². The second-order valence-electron chi connectivity index (χ2n) is 5.06. The summed E-state index contributed by atoms with van der Waals surface area (Å²) in [5.74, 6) is 0. The topological polar surface area (TPSA) is 43.4 Å². The first-order chi connectivity index (χ1) is 11.1. The van der Waals surface area contributed by atoms with Gasteiger partial charge in [0.2, 0.25) is 0 Å². The van der Waals surface area contributed by atoms with Gasteiger partial charge in [0.25, 0.3) is 10.1 Å². The molecular weight excluding hydrogens is 361 g/mol. The molecule has 0 aromatic heterocycles. The molecule has 2 aromatic carbocycles. The Balaban J connectivity index is 2.36. The number of halogens is 3. The molecule has 0 N–H and O–H groups in total. The molecule has 0 aliphatic carbocycles. The Morgan fingerprint density at radius 1 is 1.00 bits per heavy atom. The standard InChI is InChI=1S/C16H15F3O3S2/c1-11-3-9-14(10-4-11)24(20,21)22-15(16(17,18)19)12-5-7-13(23-2)8-6-12/h3-10,15H,1-2H3. The maximum absolute atomic E-state index is 13.3. The van der Waals surface area contributed by atoms with Crippen LogP contribution in [0, 0.1) is 6.92 Å². The Kier molecular flexibility index (Phi) is 5.62. The molecule has 0 heterocycles. The van der Waals surface area contributed by atoms with Crippen LogP contribution in [0.25, 0.3) is 0 Å². The average molecular weight is 376 g/mol. The molecule has 0 saturated heterocycles. The fourth-order valence-corrected chi connectivity index (χ4v) is 3.43. The van der Waals surface area contributed by atoms with Crippen molar-refractivity contribution in [3.8, 4) is 0 Å². The number of hydrogen-bond acceptors (Lipinski definition) is 4. The van der Waals surface area contributed by atoms with Crippen molar-refractivity contribution >= 4 is 21.9 Å². The molecule has 2 aromatic rings. The van der Waals surface area contributed by atoms with Gasteiger partial charge in [-0.3, -0.25) is 0 Å². The zero-order valence-electron chi connectivity index (χ0n) is 12.9. The third kappa shape index (κ3) is 4.52. The molecule has 0 fully saturated rings. The highest BCUT2D eigenvalue weighted by molar-refractivity contribution is 7.98. The number of rotatable bonds is 5. The van der Waals surface area contributed by atoms with Gasteiger partial charge in [0.15, 0.2) is 6.10 Å². The van der Waals surface area contributed by atoms with Crippen LogP contribution in [0.1, 0.15) is 17.2 Å². The summed E-state index contributed by atoms with van der Waals surface area (Å²) >= 11 is 1.37. The van der Waals surface area contributed by atoms with Crippen molar-refractivity contribution in [1.29, 1.82) is 0 Å². The lowest BCUT2D eigenvalue weighted by Crippen LogP contribution is -2.26. The molecule has 24 heavy (non-hydrogen) atoms. The van der Waals surface area contributed by atoms with Crippen molar-refractivity contribution in [1.82, 2.24) is 0 Å². The van der Waals surface area contributed by atoms with E-state index < -0.39 is 22.4 Å². The van der Waals surface area contributed by atoms with Crippen LogP contribution in [0.5, 0.6) is 0 Å². The van der Waals surface area contributed by atoms with E-state index in [0.717, 1.165) is 10.5 Å². The zero-order chi connectivity index (χ0) is 18.0. The number of hydrogen-bond donors (Lipinski definition) is 0. The molecule has 130 valence electrons. The van der Waals surface area contributed by atoms with Gasteiger partial charge in [-0.25, -0.2) is 4.18 Å². The molecule has 8 heteroatoms. The summed E-state index contributed by atoms with van der Waals surface area (Å²) in [4.78, 5) is 0.448. The van der Waals surface area contributed by atoms with Crippen LogP contribution in [0.3, 0.4) is 0 Å². The molecule has 1 unspecified atom stereocenters. The second kappa shape index (κ2) is 7.16. The van der Waals surface area contributed by atoms with Crippen LogP contribution < -0.4 is 0 Å². The normalized spacial score (nSPS) is 13.7. The summed E-state index contributed by atoms with van der Waals surface area (Å²) in [6.07, 6.45) is -5.63. The van der Waals surface area contributed by atoms with E-state index in [4.69, 9.17) is 0 Å². The molecule has 0 amide bonds. The minimum absolute atomic E-state index is 0.268.